The molecule has 0 unspecified atom stereocenters. The first kappa shape index (κ1) is 21.3. The molecule has 0 radical (unpaired) electrons. The van der Waals surface area contributed by atoms with Gasteiger partial charge < -0.3 is 25.3 Å². The topological polar surface area (TPSA) is 99.9 Å². The SMILES string of the molecule is NCCCOCCOCCOCCCNC(=O)CCC(=O)S. The largest absolute Gasteiger partial charge is 0.379 e. The van der Waals surface area contributed by atoms with E-state index in [-0.39, 0.29) is 23.9 Å². The van der Waals surface area contributed by atoms with Gasteiger partial charge in [-0.2, -0.15) is 0 Å². The number of nitrogens with two attached hydrogens (primary N) is 1. The van der Waals surface area contributed by atoms with Crippen LogP contribution in [-0.4, -0.2) is 63.8 Å². The summed E-state index contributed by atoms with van der Waals surface area (Å²) in [5.74, 6) is -0.139. The molecule has 0 aromatic heterocycles. The van der Waals surface area contributed by atoms with Gasteiger partial charge in [0.25, 0.3) is 0 Å². The zero-order chi connectivity index (χ0) is 16.5. The molecule has 7 nitrogen and oxygen atoms in total. The van der Waals surface area contributed by atoms with Gasteiger partial charge in [0.1, 0.15) is 0 Å². The predicted octanol–water partition coefficient (Wildman–Crippen LogP) is 0.128. The van der Waals surface area contributed by atoms with Crippen LogP contribution in [0.2, 0.25) is 0 Å². The summed E-state index contributed by atoms with van der Waals surface area (Å²) in [4.78, 5) is 21.8. The summed E-state index contributed by atoms with van der Waals surface area (Å²) in [6, 6.07) is 0. The molecule has 3 N–H and O–H groups in total. The average Bonchev–Trinajstić information content (AvgIpc) is 2.49. The fourth-order valence-electron chi connectivity index (χ4n) is 1.44. The Morgan fingerprint density at radius 3 is 1.95 bits per heavy atom. The maximum absolute atomic E-state index is 11.3. The van der Waals surface area contributed by atoms with Crippen molar-refractivity contribution in [2.24, 2.45) is 5.73 Å². The second kappa shape index (κ2) is 16.7. The normalized spacial score (nSPS) is 10.6. The van der Waals surface area contributed by atoms with Crippen LogP contribution in [0.15, 0.2) is 0 Å². The highest BCUT2D eigenvalue weighted by molar-refractivity contribution is 7.96. The zero-order valence-corrected chi connectivity index (χ0v) is 13.9. The number of hydrogen-bond donors (Lipinski definition) is 3. The van der Waals surface area contributed by atoms with Crippen LogP contribution in [0, 0.1) is 0 Å². The van der Waals surface area contributed by atoms with Crippen LogP contribution >= 0.6 is 12.6 Å². The van der Waals surface area contributed by atoms with Gasteiger partial charge in [0.05, 0.1) is 26.4 Å². The van der Waals surface area contributed by atoms with Gasteiger partial charge in [-0.3, -0.25) is 9.59 Å². The van der Waals surface area contributed by atoms with Gasteiger partial charge >= 0.3 is 0 Å². The number of ether oxygens (including phenoxy) is 3. The lowest BCUT2D eigenvalue weighted by atomic mass is 10.3. The molecular weight excluding hydrogens is 308 g/mol. The molecule has 0 aromatic carbocycles. The molecule has 1 amide bonds. The van der Waals surface area contributed by atoms with Crippen LogP contribution in [0.3, 0.4) is 0 Å². The third-order valence-corrected chi connectivity index (χ3v) is 2.81. The predicted molar refractivity (Wildman–Crippen MR) is 87.0 cm³/mol. The van der Waals surface area contributed by atoms with Crippen molar-refractivity contribution < 1.29 is 23.8 Å². The summed E-state index contributed by atoms with van der Waals surface area (Å²) in [6.07, 6.45) is 1.94. The second-order valence-electron chi connectivity index (χ2n) is 4.58. The van der Waals surface area contributed by atoms with Crippen molar-refractivity contribution >= 4 is 23.7 Å². The highest BCUT2D eigenvalue weighted by Crippen LogP contribution is 1.93. The first-order valence-electron chi connectivity index (χ1n) is 7.58. The molecule has 0 aliphatic heterocycles. The first-order valence-corrected chi connectivity index (χ1v) is 8.03. The van der Waals surface area contributed by atoms with E-state index >= 15 is 0 Å². The molecule has 130 valence electrons. The molecular formula is C14H28N2O5S. The third kappa shape index (κ3) is 17.4. The molecule has 0 bridgehead atoms. The van der Waals surface area contributed by atoms with Crippen molar-refractivity contribution in [1.29, 1.82) is 0 Å². The molecule has 0 fully saturated rings. The van der Waals surface area contributed by atoms with Crippen LogP contribution < -0.4 is 11.1 Å². The highest BCUT2D eigenvalue weighted by Gasteiger charge is 2.02. The standard InChI is InChI=1S/C14H28N2O5S/c15-5-1-7-19-9-11-21-12-10-20-8-2-6-16-13(17)3-4-14(18)22/h1-12,15H2,(H,16,17)(H,18,22). The Morgan fingerprint density at radius 2 is 1.41 bits per heavy atom. The Labute approximate surface area is 137 Å². The lowest BCUT2D eigenvalue weighted by Gasteiger charge is -2.07. The molecule has 22 heavy (non-hydrogen) atoms. The minimum atomic E-state index is -0.275. The van der Waals surface area contributed by atoms with E-state index < -0.39 is 0 Å². The molecule has 0 rings (SSSR count). The Hall–Kier alpha value is -0.670. The van der Waals surface area contributed by atoms with Crippen LogP contribution in [0.1, 0.15) is 25.7 Å². The molecule has 0 atom stereocenters. The van der Waals surface area contributed by atoms with Gasteiger partial charge in [-0.15, -0.1) is 12.6 Å². The average molecular weight is 336 g/mol. The van der Waals surface area contributed by atoms with Gasteiger partial charge in [-0.05, 0) is 19.4 Å². The van der Waals surface area contributed by atoms with Crippen molar-refractivity contribution in [1.82, 2.24) is 5.32 Å². The van der Waals surface area contributed by atoms with E-state index in [1.165, 1.54) is 0 Å². The van der Waals surface area contributed by atoms with Crippen molar-refractivity contribution in [3.05, 3.63) is 0 Å². The summed E-state index contributed by atoms with van der Waals surface area (Å²) in [5, 5.41) is 2.44. The van der Waals surface area contributed by atoms with Gasteiger partial charge in [-0.1, -0.05) is 0 Å². The number of thiol groups is 1. The number of carbonyl (C=O) groups is 2. The van der Waals surface area contributed by atoms with E-state index in [1.54, 1.807) is 0 Å². The van der Waals surface area contributed by atoms with Crippen LogP contribution in [0.4, 0.5) is 0 Å². The lowest BCUT2D eigenvalue weighted by molar-refractivity contribution is -0.123. The number of amides is 1. The second-order valence-corrected chi connectivity index (χ2v) is 5.08. The van der Waals surface area contributed by atoms with Crippen LogP contribution in [0.25, 0.3) is 0 Å². The van der Waals surface area contributed by atoms with E-state index in [0.717, 1.165) is 12.8 Å². The van der Waals surface area contributed by atoms with E-state index in [9.17, 15) is 9.59 Å². The monoisotopic (exact) mass is 336 g/mol. The smallest absolute Gasteiger partial charge is 0.220 e. The highest BCUT2D eigenvalue weighted by atomic mass is 32.1. The maximum atomic E-state index is 11.3. The third-order valence-electron chi connectivity index (χ3n) is 2.59. The van der Waals surface area contributed by atoms with Gasteiger partial charge in [0, 0.05) is 32.6 Å². The Morgan fingerprint density at radius 1 is 0.864 bits per heavy atom. The number of hydrogen-bond acceptors (Lipinski definition) is 6. The van der Waals surface area contributed by atoms with Gasteiger partial charge in [0.2, 0.25) is 5.91 Å². The van der Waals surface area contributed by atoms with E-state index in [2.05, 4.69) is 17.9 Å². The zero-order valence-electron chi connectivity index (χ0n) is 13.1. The molecule has 0 saturated heterocycles. The molecule has 0 saturated carbocycles. The summed E-state index contributed by atoms with van der Waals surface area (Å²) in [6.45, 7) is 4.57. The van der Waals surface area contributed by atoms with Crippen LogP contribution in [0.5, 0.6) is 0 Å². The summed E-state index contributed by atoms with van der Waals surface area (Å²) in [5.41, 5.74) is 5.33. The van der Waals surface area contributed by atoms with Crippen molar-refractivity contribution in [2.75, 3.05) is 52.7 Å². The molecule has 0 aromatic rings. The Kier molecular flexibility index (Phi) is 16.2. The maximum Gasteiger partial charge on any atom is 0.220 e. The fourth-order valence-corrected chi connectivity index (χ4v) is 1.55. The number of carbonyl (C=O) groups excluding carboxylic acids is 2. The molecule has 0 aliphatic carbocycles. The minimum absolute atomic E-state index is 0.139. The minimum Gasteiger partial charge on any atom is -0.379 e. The lowest BCUT2D eigenvalue weighted by Crippen LogP contribution is -2.25. The van der Waals surface area contributed by atoms with E-state index in [1.807, 2.05) is 0 Å². The Bertz CT molecular complexity index is 292. The van der Waals surface area contributed by atoms with Gasteiger partial charge in [-0.25, -0.2) is 0 Å². The molecule has 0 aliphatic rings. The van der Waals surface area contributed by atoms with Crippen molar-refractivity contribution in [3.63, 3.8) is 0 Å². The summed E-state index contributed by atoms with van der Waals surface area (Å²) >= 11 is 3.60. The molecule has 8 heteroatoms. The summed E-state index contributed by atoms with van der Waals surface area (Å²) in [7, 11) is 0. The first-order chi connectivity index (χ1) is 10.7. The molecule has 0 heterocycles. The fraction of sp³-hybridized carbons (Fsp3) is 0.857. The number of rotatable bonds is 16. The summed E-state index contributed by atoms with van der Waals surface area (Å²) < 4.78 is 16.0. The van der Waals surface area contributed by atoms with E-state index in [0.29, 0.717) is 52.7 Å². The Balaban J connectivity index is 3.11. The quantitative estimate of drug-likeness (QED) is 0.274. The van der Waals surface area contributed by atoms with Crippen LogP contribution in [-0.2, 0) is 23.8 Å². The van der Waals surface area contributed by atoms with Crippen molar-refractivity contribution in [2.45, 2.75) is 25.7 Å². The molecule has 0 spiro atoms. The number of nitrogens with one attached hydrogen (secondary N) is 1. The van der Waals surface area contributed by atoms with E-state index in [4.69, 9.17) is 19.9 Å². The van der Waals surface area contributed by atoms with Gasteiger partial charge in [0.15, 0.2) is 5.12 Å². The van der Waals surface area contributed by atoms with Crippen molar-refractivity contribution in [3.8, 4) is 0 Å².